The summed E-state index contributed by atoms with van der Waals surface area (Å²) in [5.74, 6) is -1.53. The first-order valence-electron chi connectivity index (χ1n) is 8.34. The molecule has 0 fully saturated rings. The summed E-state index contributed by atoms with van der Waals surface area (Å²) < 4.78 is 13.2. The van der Waals surface area contributed by atoms with Crippen LogP contribution in [0.3, 0.4) is 0 Å². The smallest absolute Gasteiger partial charge is 0.234 e. The number of amides is 2. The van der Waals surface area contributed by atoms with Gasteiger partial charge in [0.1, 0.15) is 5.82 Å². The standard InChI is InChI=1S/C20H15ClFN3O2S/c21-16-8-13(6-7-17(16)22)24-19(27)11-28-20-15(10-23)14(9-18(26)25-20)12-4-2-1-3-5-12/h1-8,14H,9,11H2,(H,24,27)(H,25,26)/t14-/m0/s1. The molecule has 0 bridgehead atoms. The summed E-state index contributed by atoms with van der Waals surface area (Å²) in [6, 6.07) is 15.3. The summed E-state index contributed by atoms with van der Waals surface area (Å²) in [5, 5.41) is 15.2. The SMILES string of the molecule is N#CC1=C(SCC(=O)Nc2ccc(F)c(Cl)c2)NC(=O)C[C@H]1c1ccccc1. The van der Waals surface area contributed by atoms with Crippen LogP contribution in [0.1, 0.15) is 17.9 Å². The molecule has 2 N–H and O–H groups in total. The third-order valence-electron chi connectivity index (χ3n) is 4.11. The van der Waals surface area contributed by atoms with Crippen LogP contribution in [0.5, 0.6) is 0 Å². The number of nitriles is 1. The summed E-state index contributed by atoms with van der Waals surface area (Å²) in [5.41, 5.74) is 1.66. The van der Waals surface area contributed by atoms with Crippen molar-refractivity contribution >= 4 is 40.9 Å². The Morgan fingerprint density at radius 3 is 2.75 bits per heavy atom. The van der Waals surface area contributed by atoms with E-state index in [0.717, 1.165) is 23.4 Å². The highest BCUT2D eigenvalue weighted by atomic mass is 35.5. The molecular formula is C20H15ClFN3O2S. The van der Waals surface area contributed by atoms with Crippen molar-refractivity contribution in [3.05, 3.63) is 75.5 Å². The number of carbonyl (C=O) groups is 2. The number of anilines is 1. The predicted octanol–water partition coefficient (Wildman–Crippen LogP) is 4.19. The van der Waals surface area contributed by atoms with Crippen molar-refractivity contribution in [3.63, 3.8) is 0 Å². The first-order valence-corrected chi connectivity index (χ1v) is 9.71. The zero-order valence-corrected chi connectivity index (χ0v) is 16.1. The molecule has 0 saturated carbocycles. The molecule has 142 valence electrons. The fourth-order valence-corrected chi connectivity index (χ4v) is 3.87. The van der Waals surface area contributed by atoms with Gasteiger partial charge < -0.3 is 10.6 Å². The minimum absolute atomic E-state index is 0.0305. The van der Waals surface area contributed by atoms with Gasteiger partial charge in [0.2, 0.25) is 11.8 Å². The number of nitrogens with zero attached hydrogens (tertiary/aromatic N) is 1. The topological polar surface area (TPSA) is 82.0 Å². The zero-order valence-electron chi connectivity index (χ0n) is 14.5. The molecule has 3 rings (SSSR count). The molecule has 0 aliphatic carbocycles. The van der Waals surface area contributed by atoms with E-state index < -0.39 is 5.82 Å². The molecule has 1 heterocycles. The second kappa shape index (κ2) is 8.91. The lowest BCUT2D eigenvalue weighted by molar-refractivity contribution is -0.121. The van der Waals surface area contributed by atoms with Crippen LogP contribution in [0, 0.1) is 17.1 Å². The van der Waals surface area contributed by atoms with Crippen LogP contribution in [0.4, 0.5) is 10.1 Å². The molecule has 2 aromatic carbocycles. The van der Waals surface area contributed by atoms with Crippen LogP contribution in [0.15, 0.2) is 59.1 Å². The minimum Gasteiger partial charge on any atom is -0.325 e. The monoisotopic (exact) mass is 415 g/mol. The highest BCUT2D eigenvalue weighted by molar-refractivity contribution is 8.03. The lowest BCUT2D eigenvalue weighted by Crippen LogP contribution is -2.31. The van der Waals surface area contributed by atoms with Crippen molar-refractivity contribution in [2.75, 3.05) is 11.1 Å². The third kappa shape index (κ3) is 4.71. The summed E-state index contributed by atoms with van der Waals surface area (Å²) in [6.07, 6.45) is 0.178. The Morgan fingerprint density at radius 1 is 1.32 bits per heavy atom. The lowest BCUT2D eigenvalue weighted by Gasteiger charge is -2.25. The molecule has 2 amide bonds. The maximum atomic E-state index is 13.2. The van der Waals surface area contributed by atoms with Crippen LogP contribution < -0.4 is 10.6 Å². The Hall–Kier alpha value is -2.82. The van der Waals surface area contributed by atoms with Crippen LogP contribution in [0.2, 0.25) is 5.02 Å². The number of benzene rings is 2. The van der Waals surface area contributed by atoms with Gasteiger partial charge in [0.25, 0.3) is 0 Å². The summed E-state index contributed by atoms with van der Waals surface area (Å²) in [6.45, 7) is 0. The van der Waals surface area contributed by atoms with Crippen LogP contribution >= 0.6 is 23.4 Å². The number of hydrogen-bond donors (Lipinski definition) is 2. The van der Waals surface area contributed by atoms with Crippen LogP contribution in [-0.2, 0) is 9.59 Å². The Balaban J connectivity index is 1.73. The number of nitrogens with one attached hydrogen (secondary N) is 2. The van der Waals surface area contributed by atoms with Gasteiger partial charge in [-0.05, 0) is 23.8 Å². The number of carbonyl (C=O) groups excluding carboxylic acids is 2. The number of halogens is 2. The third-order valence-corrected chi connectivity index (χ3v) is 5.42. The largest absolute Gasteiger partial charge is 0.325 e. The molecule has 1 aliphatic heterocycles. The van der Waals surface area contributed by atoms with Gasteiger partial charge in [0.15, 0.2) is 0 Å². The second-order valence-electron chi connectivity index (χ2n) is 6.04. The van der Waals surface area contributed by atoms with E-state index in [0.29, 0.717) is 16.3 Å². The van der Waals surface area contributed by atoms with Crippen molar-refractivity contribution < 1.29 is 14.0 Å². The molecule has 0 spiro atoms. The van der Waals surface area contributed by atoms with Crippen molar-refractivity contribution in [2.45, 2.75) is 12.3 Å². The molecule has 2 aromatic rings. The van der Waals surface area contributed by atoms with Crippen molar-refractivity contribution in [1.82, 2.24) is 5.32 Å². The van der Waals surface area contributed by atoms with E-state index in [-0.39, 0.29) is 34.9 Å². The molecule has 1 aliphatic rings. The fraction of sp³-hybridized carbons (Fsp3) is 0.150. The van der Waals surface area contributed by atoms with Gasteiger partial charge in [-0.25, -0.2) is 4.39 Å². The van der Waals surface area contributed by atoms with Gasteiger partial charge >= 0.3 is 0 Å². The van der Waals surface area contributed by atoms with E-state index in [9.17, 15) is 19.2 Å². The first-order chi connectivity index (χ1) is 13.5. The second-order valence-corrected chi connectivity index (χ2v) is 7.43. The maximum absolute atomic E-state index is 13.2. The van der Waals surface area contributed by atoms with E-state index in [2.05, 4.69) is 16.7 Å². The van der Waals surface area contributed by atoms with Crippen molar-refractivity contribution in [1.29, 1.82) is 5.26 Å². The minimum atomic E-state index is -0.574. The van der Waals surface area contributed by atoms with Gasteiger partial charge in [-0.2, -0.15) is 5.26 Å². The van der Waals surface area contributed by atoms with Gasteiger partial charge in [0, 0.05) is 18.0 Å². The molecular weight excluding hydrogens is 401 g/mol. The van der Waals surface area contributed by atoms with E-state index in [1.807, 2.05) is 30.3 Å². The Bertz CT molecular complexity index is 989. The van der Waals surface area contributed by atoms with Crippen LogP contribution in [-0.4, -0.2) is 17.6 Å². The van der Waals surface area contributed by atoms with Gasteiger partial charge in [-0.3, -0.25) is 9.59 Å². The highest BCUT2D eigenvalue weighted by Crippen LogP contribution is 2.35. The number of allylic oxidation sites excluding steroid dienone is 1. The van der Waals surface area contributed by atoms with Gasteiger partial charge in [-0.15, -0.1) is 0 Å². The Morgan fingerprint density at radius 2 is 2.07 bits per heavy atom. The number of hydrogen-bond acceptors (Lipinski definition) is 4. The molecule has 0 radical (unpaired) electrons. The summed E-state index contributed by atoms with van der Waals surface area (Å²) in [7, 11) is 0. The van der Waals surface area contributed by atoms with Crippen molar-refractivity contribution in [3.8, 4) is 6.07 Å². The van der Waals surface area contributed by atoms with Crippen LogP contribution in [0.25, 0.3) is 0 Å². The average molecular weight is 416 g/mol. The summed E-state index contributed by atoms with van der Waals surface area (Å²) >= 11 is 6.77. The maximum Gasteiger partial charge on any atom is 0.234 e. The van der Waals surface area contributed by atoms with Gasteiger partial charge in [0.05, 0.1) is 27.4 Å². The predicted molar refractivity (Wildman–Crippen MR) is 107 cm³/mol. The van der Waals surface area contributed by atoms with Crippen molar-refractivity contribution in [2.24, 2.45) is 0 Å². The molecule has 0 saturated heterocycles. The molecule has 28 heavy (non-hydrogen) atoms. The van der Waals surface area contributed by atoms with E-state index in [1.54, 1.807) is 0 Å². The molecule has 1 atom stereocenters. The Kier molecular flexibility index (Phi) is 6.34. The normalized spacial score (nSPS) is 16.3. The van der Waals surface area contributed by atoms with E-state index >= 15 is 0 Å². The van der Waals surface area contributed by atoms with Gasteiger partial charge in [-0.1, -0.05) is 53.7 Å². The zero-order chi connectivity index (χ0) is 20.1. The fourth-order valence-electron chi connectivity index (χ4n) is 2.81. The first kappa shape index (κ1) is 19.9. The average Bonchev–Trinajstić information content (AvgIpc) is 2.69. The lowest BCUT2D eigenvalue weighted by atomic mass is 9.87. The highest BCUT2D eigenvalue weighted by Gasteiger charge is 2.29. The number of rotatable bonds is 5. The van der Waals surface area contributed by atoms with E-state index in [1.165, 1.54) is 12.1 Å². The number of thioether (sulfide) groups is 1. The molecule has 0 aromatic heterocycles. The molecule has 0 unspecified atom stereocenters. The Labute approximate surface area is 170 Å². The van der Waals surface area contributed by atoms with E-state index in [4.69, 9.17) is 11.6 Å². The molecule has 5 nitrogen and oxygen atoms in total. The molecule has 8 heteroatoms. The summed E-state index contributed by atoms with van der Waals surface area (Å²) in [4.78, 5) is 24.3. The quantitative estimate of drug-likeness (QED) is 0.767.